The van der Waals surface area contributed by atoms with Crippen molar-refractivity contribution in [1.29, 1.82) is 0 Å². The highest BCUT2D eigenvalue weighted by molar-refractivity contribution is 8.04. The van der Waals surface area contributed by atoms with E-state index >= 15 is 0 Å². The number of aromatic nitrogens is 3. The number of carboxylic acids is 1. The lowest BCUT2D eigenvalue weighted by atomic mass is 10.2. The van der Waals surface area contributed by atoms with E-state index in [9.17, 15) is 9.90 Å². The number of nitrogens with one attached hydrogen (secondary N) is 1. The number of carbonyl (C=O) groups is 1. The number of rotatable bonds is 8. The monoisotopic (exact) mass is 380 g/mol. The van der Waals surface area contributed by atoms with Crippen molar-refractivity contribution in [2.45, 2.75) is 44.9 Å². The number of aryl methyl sites for hydroxylation is 1. The normalized spacial score (nSPS) is 11.8. The Morgan fingerprint density at radius 1 is 1.48 bits per heavy atom. The lowest BCUT2D eigenvalue weighted by Gasteiger charge is -2.14. The van der Waals surface area contributed by atoms with Crippen LogP contribution in [0.15, 0.2) is 28.3 Å². The number of hydrogen-bond acceptors (Lipinski definition) is 6. The van der Waals surface area contributed by atoms with Crippen molar-refractivity contribution in [3.63, 3.8) is 0 Å². The van der Waals surface area contributed by atoms with Crippen LogP contribution in [0.2, 0.25) is 5.02 Å². The minimum absolute atomic E-state index is 0.0297. The van der Waals surface area contributed by atoms with E-state index in [-0.39, 0.29) is 11.0 Å². The molecule has 0 radical (unpaired) electrons. The van der Waals surface area contributed by atoms with Crippen molar-refractivity contribution < 1.29 is 14.6 Å². The third kappa shape index (κ3) is 5.79. The van der Waals surface area contributed by atoms with E-state index in [0.29, 0.717) is 27.3 Å². The number of carbonyl (C=O) groups excluding carboxylic acids is 1. The van der Waals surface area contributed by atoms with Gasteiger partial charge in [-0.2, -0.15) is 0 Å². The first-order chi connectivity index (χ1) is 11.9. The Kier molecular flexibility index (Phi) is 6.90. The fourth-order valence-electron chi connectivity index (χ4n) is 2.04. The van der Waals surface area contributed by atoms with Gasteiger partial charge in [0.05, 0.1) is 12.1 Å². The van der Waals surface area contributed by atoms with E-state index in [1.807, 2.05) is 20.8 Å². The van der Waals surface area contributed by atoms with Gasteiger partial charge in [-0.15, -0.1) is 5.10 Å². The highest BCUT2D eigenvalue weighted by atomic mass is 35.5. The fraction of sp³-hybridized carbons (Fsp3) is 0.353. The minimum atomic E-state index is -1.32. The van der Waals surface area contributed by atoms with Crippen molar-refractivity contribution in [3.8, 4) is 5.75 Å². The molecular formula is C17H19ClN3O3S-. The topological polar surface area (TPSA) is 90.9 Å². The Hall–Kier alpha value is -1.99. The number of hydrogen-bond donors (Lipinski definition) is 1. The first kappa shape index (κ1) is 19.3. The number of H-pyrrole nitrogens is 1. The molecule has 0 atom stereocenters. The van der Waals surface area contributed by atoms with Gasteiger partial charge in [-0.05, 0) is 56.3 Å². The minimum Gasteiger partial charge on any atom is -0.544 e. The summed E-state index contributed by atoms with van der Waals surface area (Å²) in [5.41, 5.74) is 0.553. The number of benzene rings is 1. The number of halogens is 1. The number of ether oxygens (including phenoxy) is 1. The third-order valence-electron chi connectivity index (χ3n) is 3.02. The summed E-state index contributed by atoms with van der Waals surface area (Å²) in [6, 6.07) is 5.04. The van der Waals surface area contributed by atoms with Crippen LogP contribution >= 0.6 is 23.4 Å². The predicted octanol–water partition coefficient (Wildman–Crippen LogP) is 3.08. The molecule has 2 rings (SSSR count). The van der Waals surface area contributed by atoms with Crippen molar-refractivity contribution in [2.24, 2.45) is 0 Å². The maximum atomic E-state index is 11.5. The molecule has 0 aliphatic rings. The van der Waals surface area contributed by atoms with E-state index < -0.39 is 5.97 Å². The molecule has 1 aromatic carbocycles. The number of nitrogens with zero attached hydrogens (tertiary/aromatic N) is 2. The Morgan fingerprint density at radius 3 is 2.88 bits per heavy atom. The van der Waals surface area contributed by atoms with Crippen LogP contribution in [0.5, 0.6) is 5.75 Å². The Bertz CT molecular complexity index is 774. The molecule has 1 heterocycles. The first-order valence-corrected chi connectivity index (χ1v) is 9.06. The molecule has 0 fully saturated rings. The first-order valence-electron chi connectivity index (χ1n) is 7.87. The average molecular weight is 381 g/mol. The van der Waals surface area contributed by atoms with Crippen molar-refractivity contribution in [3.05, 3.63) is 39.5 Å². The molecule has 0 spiro atoms. The Morgan fingerprint density at radius 2 is 2.24 bits per heavy atom. The average Bonchev–Trinajstić information content (AvgIpc) is 2.96. The van der Waals surface area contributed by atoms with Crippen LogP contribution in [0, 0.1) is 0 Å². The zero-order valence-electron chi connectivity index (χ0n) is 14.2. The molecule has 0 unspecified atom stereocenters. The van der Waals surface area contributed by atoms with Crippen LogP contribution in [0.25, 0.3) is 6.08 Å². The molecule has 0 aliphatic carbocycles. The standard InChI is InChI=1S/C17H20ClN3O3S/c1-4-5-15-19-17(21-20-15)25-14(16(22)23)9-11-8-12(18)6-7-13(11)24-10(2)3/h6-10H,4-5H2,1-3H3,(H,22,23)(H,19,20,21)/p-1/b14-9-. The van der Waals surface area contributed by atoms with E-state index in [2.05, 4.69) is 15.2 Å². The van der Waals surface area contributed by atoms with Gasteiger partial charge in [0.25, 0.3) is 0 Å². The largest absolute Gasteiger partial charge is 0.544 e. The molecule has 0 saturated heterocycles. The van der Waals surface area contributed by atoms with Crippen LogP contribution in [0.4, 0.5) is 0 Å². The van der Waals surface area contributed by atoms with Crippen molar-refractivity contribution in [2.75, 3.05) is 0 Å². The summed E-state index contributed by atoms with van der Waals surface area (Å²) in [7, 11) is 0. The molecule has 0 bridgehead atoms. The van der Waals surface area contributed by atoms with Gasteiger partial charge >= 0.3 is 0 Å². The molecule has 8 heteroatoms. The van der Waals surface area contributed by atoms with Crippen molar-refractivity contribution >= 4 is 35.4 Å². The summed E-state index contributed by atoms with van der Waals surface area (Å²) in [6.45, 7) is 5.80. The van der Waals surface area contributed by atoms with Crippen LogP contribution in [0.1, 0.15) is 38.6 Å². The van der Waals surface area contributed by atoms with Gasteiger partial charge in [-0.25, -0.2) is 4.98 Å². The molecule has 134 valence electrons. The molecular weight excluding hydrogens is 362 g/mol. The summed E-state index contributed by atoms with van der Waals surface area (Å²) < 4.78 is 5.70. The maximum absolute atomic E-state index is 11.5. The van der Waals surface area contributed by atoms with E-state index in [1.54, 1.807) is 18.2 Å². The van der Waals surface area contributed by atoms with Gasteiger partial charge in [0, 0.05) is 21.9 Å². The molecule has 0 saturated carbocycles. The second-order valence-electron chi connectivity index (χ2n) is 5.56. The summed E-state index contributed by atoms with van der Waals surface area (Å²) >= 11 is 6.95. The quantitative estimate of drug-likeness (QED) is 0.559. The van der Waals surface area contributed by atoms with Gasteiger partial charge in [0.15, 0.2) is 0 Å². The lowest BCUT2D eigenvalue weighted by molar-refractivity contribution is -0.297. The summed E-state index contributed by atoms with van der Waals surface area (Å²) in [6.07, 6.45) is 3.07. The van der Waals surface area contributed by atoms with Gasteiger partial charge in [0.2, 0.25) is 5.16 Å². The van der Waals surface area contributed by atoms with Crippen molar-refractivity contribution in [1.82, 2.24) is 15.2 Å². The highest BCUT2D eigenvalue weighted by Gasteiger charge is 2.11. The zero-order chi connectivity index (χ0) is 18.4. The van der Waals surface area contributed by atoms with E-state index in [0.717, 1.165) is 24.6 Å². The molecule has 25 heavy (non-hydrogen) atoms. The zero-order valence-corrected chi connectivity index (χ0v) is 15.8. The Labute approximate surface area is 155 Å². The molecule has 0 aliphatic heterocycles. The van der Waals surface area contributed by atoms with Gasteiger partial charge in [0.1, 0.15) is 11.6 Å². The maximum Gasteiger partial charge on any atom is 0.213 e. The van der Waals surface area contributed by atoms with Crippen LogP contribution in [-0.2, 0) is 11.2 Å². The molecule has 6 nitrogen and oxygen atoms in total. The number of aromatic amines is 1. The SMILES string of the molecule is CCCc1nc(S/C(=C\c2cc(Cl)ccc2OC(C)C)C(=O)[O-])n[nH]1. The van der Waals surface area contributed by atoms with Gasteiger partial charge in [-0.3, -0.25) is 5.10 Å². The molecule has 1 aromatic heterocycles. The third-order valence-corrected chi connectivity index (χ3v) is 4.13. The predicted molar refractivity (Wildman–Crippen MR) is 96.4 cm³/mol. The van der Waals surface area contributed by atoms with Crippen LogP contribution < -0.4 is 9.84 Å². The summed E-state index contributed by atoms with van der Waals surface area (Å²) in [4.78, 5) is 15.7. The smallest absolute Gasteiger partial charge is 0.213 e. The van der Waals surface area contributed by atoms with Crippen LogP contribution in [-0.4, -0.2) is 27.3 Å². The van der Waals surface area contributed by atoms with E-state index in [4.69, 9.17) is 16.3 Å². The number of carboxylic acid groups (broad SMARTS) is 1. The summed E-state index contributed by atoms with van der Waals surface area (Å²) in [5.74, 6) is -0.0583. The molecule has 0 amide bonds. The van der Waals surface area contributed by atoms with E-state index in [1.165, 1.54) is 6.08 Å². The fourth-order valence-corrected chi connectivity index (χ4v) is 2.93. The lowest BCUT2D eigenvalue weighted by Crippen LogP contribution is -2.23. The number of aliphatic carboxylic acids is 1. The molecule has 2 aromatic rings. The number of thioether (sulfide) groups is 1. The van der Waals surface area contributed by atoms with Crippen LogP contribution in [0.3, 0.4) is 0 Å². The summed E-state index contributed by atoms with van der Waals surface area (Å²) in [5, 5.41) is 19.1. The molecule has 1 N–H and O–H groups in total. The Balaban J connectivity index is 2.32. The van der Waals surface area contributed by atoms with Gasteiger partial charge in [-0.1, -0.05) is 18.5 Å². The van der Waals surface area contributed by atoms with Gasteiger partial charge < -0.3 is 14.6 Å². The second-order valence-corrected chi connectivity index (χ2v) is 7.01. The highest BCUT2D eigenvalue weighted by Crippen LogP contribution is 2.30. The second kappa shape index (κ2) is 8.92.